The molecule has 114 valence electrons. The third-order valence-corrected chi connectivity index (χ3v) is 7.34. The molecule has 2 saturated heterocycles. The number of carbonyl (C=O) groups is 1. The normalized spacial score (nSPS) is 45.4. The molecule has 1 saturated carbocycles. The predicted molar refractivity (Wildman–Crippen MR) is 88.0 cm³/mol. The molecule has 3 fully saturated rings. The molecule has 4 atom stereocenters. The van der Waals surface area contributed by atoms with Gasteiger partial charge in [0.15, 0.2) is 0 Å². The Labute approximate surface area is 135 Å². The maximum atomic E-state index is 12.4. The standard InChI is InChI=1S/C16H26INO2/c1-18-12-7-8-14(18)15(16(19)20-2)13(9-12)10-3-5-11(17)6-4-10/h10-15H,3-9H2,1-2H3. The smallest absolute Gasteiger partial charge is 0.310 e. The highest BCUT2D eigenvalue weighted by Gasteiger charge is 2.51. The lowest BCUT2D eigenvalue weighted by Crippen LogP contribution is -2.52. The maximum Gasteiger partial charge on any atom is 0.310 e. The fourth-order valence-corrected chi connectivity index (χ4v) is 5.68. The van der Waals surface area contributed by atoms with Crippen LogP contribution in [0.2, 0.25) is 0 Å². The summed E-state index contributed by atoms with van der Waals surface area (Å²) in [5.74, 6) is 1.49. The highest BCUT2D eigenvalue weighted by atomic mass is 127. The number of carbonyl (C=O) groups excluding carboxylic acids is 1. The van der Waals surface area contributed by atoms with Crippen LogP contribution >= 0.6 is 22.6 Å². The summed E-state index contributed by atoms with van der Waals surface area (Å²) in [6, 6.07) is 1.15. The summed E-state index contributed by atoms with van der Waals surface area (Å²) in [6.45, 7) is 0. The largest absolute Gasteiger partial charge is 0.469 e. The van der Waals surface area contributed by atoms with Gasteiger partial charge in [0.25, 0.3) is 0 Å². The molecule has 0 spiro atoms. The summed E-state index contributed by atoms with van der Waals surface area (Å²) in [5, 5.41) is 0. The summed E-state index contributed by atoms with van der Waals surface area (Å²) < 4.78 is 6.01. The van der Waals surface area contributed by atoms with Gasteiger partial charge in [-0.15, -0.1) is 0 Å². The molecular formula is C16H26INO2. The zero-order chi connectivity index (χ0) is 14.3. The van der Waals surface area contributed by atoms with Crippen molar-refractivity contribution in [2.24, 2.45) is 17.8 Å². The van der Waals surface area contributed by atoms with Crippen molar-refractivity contribution in [3.63, 3.8) is 0 Å². The molecule has 0 aromatic carbocycles. The van der Waals surface area contributed by atoms with Crippen molar-refractivity contribution < 1.29 is 9.53 Å². The van der Waals surface area contributed by atoms with Crippen LogP contribution in [0.15, 0.2) is 0 Å². The molecule has 0 amide bonds. The van der Waals surface area contributed by atoms with Gasteiger partial charge < -0.3 is 4.74 Å². The van der Waals surface area contributed by atoms with Crippen LogP contribution in [0.1, 0.15) is 44.9 Å². The molecule has 4 unspecified atom stereocenters. The third-order valence-electron chi connectivity index (χ3n) is 6.10. The molecule has 0 aromatic heterocycles. The Hall–Kier alpha value is 0.160. The maximum absolute atomic E-state index is 12.4. The number of halogens is 1. The highest BCUT2D eigenvalue weighted by Crippen LogP contribution is 2.48. The van der Waals surface area contributed by atoms with Crippen molar-refractivity contribution in [3.8, 4) is 0 Å². The van der Waals surface area contributed by atoms with Crippen LogP contribution < -0.4 is 0 Å². The third kappa shape index (κ3) is 2.62. The van der Waals surface area contributed by atoms with Gasteiger partial charge >= 0.3 is 5.97 Å². The lowest BCUT2D eigenvalue weighted by molar-refractivity contribution is -0.154. The number of nitrogens with zero attached hydrogens (tertiary/aromatic N) is 1. The predicted octanol–water partition coefficient (Wildman–Crippen LogP) is 3.25. The van der Waals surface area contributed by atoms with E-state index in [4.69, 9.17) is 4.74 Å². The quantitative estimate of drug-likeness (QED) is 0.411. The number of fused-ring (bicyclic) bond motifs is 2. The fourth-order valence-electron chi connectivity index (χ4n) is 4.96. The number of methoxy groups -OCH3 is 1. The van der Waals surface area contributed by atoms with Crippen LogP contribution in [0.3, 0.4) is 0 Å². The van der Waals surface area contributed by atoms with Crippen molar-refractivity contribution in [2.75, 3.05) is 14.2 Å². The first-order valence-corrected chi connectivity index (χ1v) is 9.30. The zero-order valence-electron chi connectivity index (χ0n) is 12.6. The Kier molecular flexibility index (Phi) is 4.60. The van der Waals surface area contributed by atoms with Gasteiger partial charge in [0, 0.05) is 16.0 Å². The Morgan fingerprint density at radius 3 is 2.50 bits per heavy atom. The minimum Gasteiger partial charge on any atom is -0.469 e. The molecule has 3 aliphatic rings. The van der Waals surface area contributed by atoms with Gasteiger partial charge in [-0.2, -0.15) is 0 Å². The number of esters is 1. The number of rotatable bonds is 2. The van der Waals surface area contributed by atoms with Crippen LogP contribution in [-0.4, -0.2) is 41.0 Å². The highest BCUT2D eigenvalue weighted by molar-refractivity contribution is 14.1. The SMILES string of the molecule is COC(=O)C1C(C2CCC(I)CC2)CC2CCC1N2C. The molecule has 0 radical (unpaired) electrons. The molecule has 2 bridgehead atoms. The van der Waals surface area contributed by atoms with E-state index in [2.05, 4.69) is 34.5 Å². The second-order valence-electron chi connectivity index (χ2n) is 6.92. The van der Waals surface area contributed by atoms with Gasteiger partial charge in [-0.1, -0.05) is 22.6 Å². The lowest BCUT2D eigenvalue weighted by Gasteiger charge is -2.45. The van der Waals surface area contributed by atoms with Crippen molar-refractivity contribution in [3.05, 3.63) is 0 Å². The summed E-state index contributed by atoms with van der Waals surface area (Å²) in [5.41, 5.74) is 0. The van der Waals surface area contributed by atoms with E-state index >= 15 is 0 Å². The van der Waals surface area contributed by atoms with Crippen LogP contribution in [0.25, 0.3) is 0 Å². The molecule has 3 nitrogen and oxygen atoms in total. The fraction of sp³-hybridized carbons (Fsp3) is 0.938. The minimum atomic E-state index is 0.0452. The van der Waals surface area contributed by atoms with Crippen molar-refractivity contribution in [1.29, 1.82) is 0 Å². The van der Waals surface area contributed by atoms with E-state index in [0.29, 0.717) is 18.0 Å². The van der Waals surface area contributed by atoms with E-state index in [-0.39, 0.29) is 11.9 Å². The molecule has 3 rings (SSSR count). The Morgan fingerprint density at radius 1 is 1.15 bits per heavy atom. The topological polar surface area (TPSA) is 29.5 Å². The second kappa shape index (κ2) is 6.11. The first-order chi connectivity index (χ1) is 9.61. The number of hydrogen-bond acceptors (Lipinski definition) is 3. The van der Waals surface area contributed by atoms with Crippen LogP contribution in [0, 0.1) is 17.8 Å². The van der Waals surface area contributed by atoms with Gasteiger partial charge in [0.05, 0.1) is 13.0 Å². The number of alkyl halides is 1. The lowest BCUT2D eigenvalue weighted by atomic mass is 9.68. The summed E-state index contributed by atoms with van der Waals surface area (Å²) >= 11 is 2.59. The summed E-state index contributed by atoms with van der Waals surface area (Å²) in [7, 11) is 3.76. The van der Waals surface area contributed by atoms with Gasteiger partial charge in [0.2, 0.25) is 0 Å². The van der Waals surface area contributed by atoms with E-state index in [9.17, 15) is 4.79 Å². The monoisotopic (exact) mass is 391 g/mol. The summed E-state index contributed by atoms with van der Waals surface area (Å²) in [6.07, 6.45) is 8.96. The van der Waals surface area contributed by atoms with Crippen LogP contribution in [0.4, 0.5) is 0 Å². The van der Waals surface area contributed by atoms with Gasteiger partial charge in [-0.3, -0.25) is 9.69 Å². The number of hydrogen-bond donors (Lipinski definition) is 0. The van der Waals surface area contributed by atoms with E-state index < -0.39 is 0 Å². The van der Waals surface area contributed by atoms with Gasteiger partial charge in [-0.05, 0) is 63.8 Å². The molecular weight excluding hydrogens is 365 g/mol. The van der Waals surface area contributed by atoms with Crippen molar-refractivity contribution in [2.45, 2.75) is 61.0 Å². The first-order valence-electron chi connectivity index (χ1n) is 8.05. The molecule has 0 N–H and O–H groups in total. The Bertz CT molecular complexity index is 367. The number of ether oxygens (including phenoxy) is 1. The van der Waals surface area contributed by atoms with Gasteiger partial charge in [-0.25, -0.2) is 0 Å². The Balaban J connectivity index is 1.79. The average Bonchev–Trinajstić information content (AvgIpc) is 2.70. The molecule has 4 heteroatoms. The Morgan fingerprint density at radius 2 is 1.85 bits per heavy atom. The zero-order valence-corrected chi connectivity index (χ0v) is 14.7. The molecule has 1 aliphatic carbocycles. The van der Waals surface area contributed by atoms with Crippen molar-refractivity contribution in [1.82, 2.24) is 4.90 Å². The molecule has 2 aliphatic heterocycles. The molecule has 2 heterocycles. The van der Waals surface area contributed by atoms with Crippen LogP contribution in [-0.2, 0) is 9.53 Å². The average molecular weight is 391 g/mol. The van der Waals surface area contributed by atoms with E-state index in [1.165, 1.54) is 44.9 Å². The van der Waals surface area contributed by atoms with Crippen molar-refractivity contribution >= 4 is 28.6 Å². The van der Waals surface area contributed by atoms with E-state index in [1.54, 1.807) is 7.11 Å². The second-order valence-corrected chi connectivity index (χ2v) is 8.69. The van der Waals surface area contributed by atoms with E-state index in [1.807, 2.05) is 0 Å². The first kappa shape index (κ1) is 15.1. The molecule has 0 aromatic rings. The summed E-state index contributed by atoms with van der Waals surface area (Å²) in [4.78, 5) is 14.8. The van der Waals surface area contributed by atoms with E-state index in [0.717, 1.165) is 9.84 Å². The van der Waals surface area contributed by atoms with Gasteiger partial charge in [0.1, 0.15) is 0 Å². The van der Waals surface area contributed by atoms with Crippen LogP contribution in [0.5, 0.6) is 0 Å². The minimum absolute atomic E-state index is 0.0452. The molecule has 20 heavy (non-hydrogen) atoms. The number of piperidine rings is 1.